The minimum atomic E-state index is -3.66. The van der Waals surface area contributed by atoms with E-state index in [4.69, 9.17) is 16.3 Å². The summed E-state index contributed by atoms with van der Waals surface area (Å²) in [7, 11) is -3.66. The van der Waals surface area contributed by atoms with Gasteiger partial charge in [0.2, 0.25) is 10.0 Å². The fraction of sp³-hybridized carbons (Fsp3) is 0.316. The standard InChI is InChI=1S/C19H19ClN2O4S2/c20-16-6-2-1-4-13(16)12-22-17-8-7-15(10-18(17)27-19(22)23)28(24,25)21-11-14-5-3-9-26-14/h1-2,4,6-8,10,14,21H,3,5,9,11-12H2/t14-/m0/s1. The SMILES string of the molecule is O=c1sc2cc(S(=O)(=O)NC[C@@H]3CCCO3)ccc2n1Cc1ccccc1Cl. The zero-order valence-electron chi connectivity index (χ0n) is 14.9. The number of ether oxygens (including phenoxy) is 1. The van der Waals surface area contributed by atoms with Gasteiger partial charge in [0.05, 0.1) is 27.8 Å². The van der Waals surface area contributed by atoms with Gasteiger partial charge < -0.3 is 4.74 Å². The third-order valence-electron chi connectivity index (χ3n) is 4.76. The van der Waals surface area contributed by atoms with Gasteiger partial charge in [-0.2, -0.15) is 0 Å². The number of nitrogens with one attached hydrogen (secondary N) is 1. The summed E-state index contributed by atoms with van der Waals surface area (Å²) in [5, 5.41) is 0.589. The molecule has 1 fully saturated rings. The molecule has 1 aromatic heterocycles. The van der Waals surface area contributed by atoms with Crippen LogP contribution in [0.2, 0.25) is 5.02 Å². The first kappa shape index (κ1) is 19.6. The molecular weight excluding hydrogens is 420 g/mol. The van der Waals surface area contributed by atoms with Gasteiger partial charge in [-0.3, -0.25) is 9.36 Å². The van der Waals surface area contributed by atoms with Crippen LogP contribution in [0.3, 0.4) is 0 Å². The number of rotatable bonds is 6. The summed E-state index contributed by atoms with van der Waals surface area (Å²) in [6.45, 7) is 1.26. The topological polar surface area (TPSA) is 77.4 Å². The lowest BCUT2D eigenvalue weighted by molar-refractivity contribution is 0.114. The molecule has 1 aliphatic rings. The summed E-state index contributed by atoms with van der Waals surface area (Å²) in [5.74, 6) is 0. The van der Waals surface area contributed by atoms with E-state index in [1.54, 1.807) is 22.8 Å². The van der Waals surface area contributed by atoms with E-state index >= 15 is 0 Å². The Morgan fingerprint density at radius 3 is 2.82 bits per heavy atom. The van der Waals surface area contributed by atoms with Crippen LogP contribution in [0, 0.1) is 0 Å². The first-order valence-electron chi connectivity index (χ1n) is 8.92. The van der Waals surface area contributed by atoms with Crippen LogP contribution in [0.25, 0.3) is 10.2 Å². The van der Waals surface area contributed by atoms with Crippen LogP contribution in [0.1, 0.15) is 18.4 Å². The monoisotopic (exact) mass is 438 g/mol. The second kappa shape index (κ2) is 7.96. The minimum Gasteiger partial charge on any atom is -0.377 e. The molecule has 1 aliphatic heterocycles. The number of hydrogen-bond acceptors (Lipinski definition) is 5. The number of benzene rings is 2. The van der Waals surface area contributed by atoms with Crippen LogP contribution in [0.5, 0.6) is 0 Å². The van der Waals surface area contributed by atoms with E-state index in [0.29, 0.717) is 28.4 Å². The van der Waals surface area contributed by atoms with Crippen LogP contribution in [-0.2, 0) is 21.3 Å². The first-order valence-corrected chi connectivity index (χ1v) is 11.6. The fourth-order valence-electron chi connectivity index (χ4n) is 3.25. The molecule has 6 nitrogen and oxygen atoms in total. The molecule has 1 N–H and O–H groups in total. The molecule has 9 heteroatoms. The number of fused-ring (bicyclic) bond motifs is 1. The van der Waals surface area contributed by atoms with E-state index in [9.17, 15) is 13.2 Å². The molecule has 0 bridgehead atoms. The molecule has 2 heterocycles. The highest BCUT2D eigenvalue weighted by atomic mass is 35.5. The predicted octanol–water partition coefficient (Wildman–Crippen LogP) is 3.22. The van der Waals surface area contributed by atoms with E-state index < -0.39 is 10.0 Å². The largest absolute Gasteiger partial charge is 0.377 e. The molecule has 1 atom stereocenters. The van der Waals surface area contributed by atoms with Crippen molar-refractivity contribution >= 4 is 43.2 Å². The molecule has 1 saturated heterocycles. The van der Waals surface area contributed by atoms with E-state index in [2.05, 4.69) is 4.72 Å². The third kappa shape index (κ3) is 4.01. The van der Waals surface area contributed by atoms with Crippen LogP contribution >= 0.6 is 22.9 Å². The van der Waals surface area contributed by atoms with E-state index in [1.165, 1.54) is 6.07 Å². The lowest BCUT2D eigenvalue weighted by atomic mass is 10.2. The summed E-state index contributed by atoms with van der Waals surface area (Å²) in [6.07, 6.45) is 1.73. The number of hydrogen-bond donors (Lipinski definition) is 1. The summed E-state index contributed by atoms with van der Waals surface area (Å²) < 4.78 is 35.5. The third-order valence-corrected chi connectivity index (χ3v) is 7.49. The normalized spacial score (nSPS) is 17.4. The van der Waals surface area contributed by atoms with Gasteiger partial charge in [-0.15, -0.1) is 0 Å². The molecule has 0 aliphatic carbocycles. The van der Waals surface area contributed by atoms with Crippen LogP contribution in [0.4, 0.5) is 0 Å². The smallest absolute Gasteiger partial charge is 0.308 e. The molecule has 28 heavy (non-hydrogen) atoms. The molecule has 148 valence electrons. The van der Waals surface area contributed by atoms with Crippen molar-refractivity contribution in [3.63, 3.8) is 0 Å². The van der Waals surface area contributed by atoms with Crippen molar-refractivity contribution in [1.82, 2.24) is 9.29 Å². The Morgan fingerprint density at radius 1 is 1.25 bits per heavy atom. The molecule has 0 radical (unpaired) electrons. The summed E-state index contributed by atoms with van der Waals surface area (Å²) >= 11 is 7.23. The van der Waals surface area contributed by atoms with Gasteiger partial charge in [-0.1, -0.05) is 41.1 Å². The van der Waals surface area contributed by atoms with Crippen LogP contribution < -0.4 is 9.60 Å². The highest BCUT2D eigenvalue weighted by Gasteiger charge is 2.21. The number of aromatic nitrogens is 1. The van der Waals surface area contributed by atoms with Gasteiger partial charge in [-0.05, 0) is 42.7 Å². The number of halogens is 1. The lowest BCUT2D eigenvalue weighted by Crippen LogP contribution is -2.31. The highest BCUT2D eigenvalue weighted by Crippen LogP contribution is 2.24. The van der Waals surface area contributed by atoms with Crippen molar-refractivity contribution in [3.8, 4) is 0 Å². The summed E-state index contributed by atoms with van der Waals surface area (Å²) in [5.41, 5.74) is 1.52. The van der Waals surface area contributed by atoms with Crippen molar-refractivity contribution in [2.75, 3.05) is 13.2 Å². The molecule has 4 rings (SSSR count). The van der Waals surface area contributed by atoms with Crippen molar-refractivity contribution in [2.24, 2.45) is 0 Å². The zero-order chi connectivity index (χ0) is 19.7. The molecule has 0 saturated carbocycles. The van der Waals surface area contributed by atoms with Gasteiger partial charge >= 0.3 is 4.87 Å². The molecule has 2 aromatic carbocycles. The van der Waals surface area contributed by atoms with E-state index in [1.807, 2.05) is 18.2 Å². The van der Waals surface area contributed by atoms with Gasteiger partial charge in [0.1, 0.15) is 0 Å². The Morgan fingerprint density at radius 2 is 2.07 bits per heavy atom. The highest BCUT2D eigenvalue weighted by molar-refractivity contribution is 7.89. The molecule has 3 aromatic rings. The Kier molecular flexibility index (Phi) is 5.57. The second-order valence-corrected chi connectivity index (χ2v) is 9.83. The van der Waals surface area contributed by atoms with E-state index in [0.717, 1.165) is 29.7 Å². The molecular formula is C19H19ClN2O4S2. The van der Waals surface area contributed by atoms with Gasteiger partial charge in [0, 0.05) is 18.2 Å². The van der Waals surface area contributed by atoms with Crippen molar-refractivity contribution < 1.29 is 13.2 Å². The second-order valence-electron chi connectivity index (χ2n) is 6.66. The Labute approximate surface area is 171 Å². The maximum atomic E-state index is 12.6. The van der Waals surface area contributed by atoms with Crippen molar-refractivity contribution in [3.05, 3.63) is 62.7 Å². The van der Waals surface area contributed by atoms with Crippen LogP contribution in [-0.4, -0.2) is 32.2 Å². The molecule has 0 amide bonds. The average Bonchev–Trinajstić information content (AvgIpc) is 3.29. The van der Waals surface area contributed by atoms with Gasteiger partial charge in [-0.25, -0.2) is 13.1 Å². The number of nitrogens with zero attached hydrogens (tertiary/aromatic N) is 1. The summed E-state index contributed by atoms with van der Waals surface area (Å²) in [6, 6.07) is 12.1. The van der Waals surface area contributed by atoms with E-state index in [-0.39, 0.29) is 22.4 Å². The maximum Gasteiger partial charge on any atom is 0.308 e. The van der Waals surface area contributed by atoms with Gasteiger partial charge in [0.15, 0.2) is 0 Å². The Balaban J connectivity index is 1.61. The molecule has 0 unspecified atom stereocenters. The lowest BCUT2D eigenvalue weighted by Gasteiger charge is -2.11. The fourth-order valence-corrected chi connectivity index (χ4v) is 5.54. The zero-order valence-corrected chi connectivity index (χ0v) is 17.3. The van der Waals surface area contributed by atoms with Crippen LogP contribution in [0.15, 0.2) is 52.2 Å². The summed E-state index contributed by atoms with van der Waals surface area (Å²) in [4.78, 5) is 12.5. The Bertz CT molecular complexity index is 1160. The van der Waals surface area contributed by atoms with Crippen molar-refractivity contribution in [1.29, 1.82) is 0 Å². The number of sulfonamides is 1. The quantitative estimate of drug-likeness (QED) is 0.641. The average molecular weight is 439 g/mol. The Hall–Kier alpha value is -1.71. The molecule has 0 spiro atoms. The van der Waals surface area contributed by atoms with Gasteiger partial charge in [0.25, 0.3) is 0 Å². The predicted molar refractivity (Wildman–Crippen MR) is 111 cm³/mol. The first-order chi connectivity index (χ1) is 13.4. The number of thiazole rings is 1. The maximum absolute atomic E-state index is 12.6. The van der Waals surface area contributed by atoms with Crippen molar-refractivity contribution in [2.45, 2.75) is 30.4 Å². The minimum absolute atomic E-state index is 0.0775.